The summed E-state index contributed by atoms with van der Waals surface area (Å²) in [6.07, 6.45) is 8.64. The largest absolute Gasteiger partial charge is 0.506 e. The first-order valence-electron chi connectivity index (χ1n) is 29.8. The van der Waals surface area contributed by atoms with Crippen molar-refractivity contribution in [1.82, 2.24) is 69.1 Å². The van der Waals surface area contributed by atoms with Gasteiger partial charge in [-0.3, -0.25) is 28.9 Å². The van der Waals surface area contributed by atoms with Gasteiger partial charge in [-0.1, -0.05) is 72.8 Å². The number of fused-ring (bicyclic) bond motifs is 4. The molecular formula is C66H66N16O10S. The minimum Gasteiger partial charge on any atom is -0.506 e. The maximum atomic E-state index is 13.4. The number of rotatable bonds is 12. The van der Waals surface area contributed by atoms with Crippen molar-refractivity contribution in [3.05, 3.63) is 190 Å². The van der Waals surface area contributed by atoms with E-state index in [1.807, 2.05) is 50.2 Å². The molecule has 0 bridgehead atoms. The van der Waals surface area contributed by atoms with Gasteiger partial charge in [0, 0.05) is 111 Å². The highest BCUT2D eigenvalue weighted by Gasteiger charge is 2.30. The van der Waals surface area contributed by atoms with E-state index in [4.69, 9.17) is 48.0 Å². The molecular weight excluding hydrogens is 1210 g/mol. The number of nitrogens with two attached hydrogens (primary N) is 2. The molecule has 2 aliphatic heterocycles. The van der Waals surface area contributed by atoms with Crippen LogP contribution in [0.5, 0.6) is 11.5 Å². The summed E-state index contributed by atoms with van der Waals surface area (Å²) in [7, 11) is -0.358. The van der Waals surface area contributed by atoms with Gasteiger partial charge in [0.1, 0.15) is 70.8 Å². The minimum absolute atomic E-state index is 0.00654. The number of benzene rings is 4. The Labute approximate surface area is 532 Å². The average molecular weight is 1280 g/mol. The minimum atomic E-state index is -4.67. The van der Waals surface area contributed by atoms with E-state index in [1.54, 1.807) is 46.0 Å². The molecule has 2 saturated heterocycles. The Morgan fingerprint density at radius 3 is 1.26 bits per heavy atom. The molecule has 0 aliphatic carbocycles. The standard InChI is InChI=1S/2C33H32N8O3.H2O4S/c2*1-20(41-32-28(31(34)36-19-37-32)29(38-41)23-15-24(42)17-35-16-23)30-27(25-8-3-4-9-26(25)33(43)44-30)22-7-5-6-21(14-22)18-40-12-10-39(2)11-13-40;1-5(2,3)4/h2*3-9,14-17,19-20,42H,10-13,18H2,1-2H3,(H2,34,36,37);(H2,1,2,3,4)/t2*20-;/m00./s1. The van der Waals surface area contributed by atoms with E-state index in [2.05, 4.69) is 112 Å². The summed E-state index contributed by atoms with van der Waals surface area (Å²) in [5.41, 5.74) is 20.7. The number of piperazine rings is 2. The average Bonchev–Trinajstić information content (AvgIpc) is 1.75. The fourth-order valence-electron chi connectivity index (χ4n) is 12.1. The van der Waals surface area contributed by atoms with Gasteiger partial charge in [-0.25, -0.2) is 38.9 Å². The van der Waals surface area contributed by atoms with Gasteiger partial charge in [-0.15, -0.1) is 0 Å². The fourth-order valence-corrected chi connectivity index (χ4v) is 12.1. The maximum absolute atomic E-state index is 13.4. The summed E-state index contributed by atoms with van der Waals surface area (Å²) in [6.45, 7) is 13.7. The van der Waals surface area contributed by atoms with Crippen LogP contribution in [0.15, 0.2) is 165 Å². The Balaban J connectivity index is 0.000000167. The van der Waals surface area contributed by atoms with Crippen LogP contribution >= 0.6 is 0 Å². The van der Waals surface area contributed by atoms with Crippen LogP contribution < -0.4 is 22.7 Å². The molecule has 0 amide bonds. The van der Waals surface area contributed by atoms with E-state index >= 15 is 0 Å². The predicted octanol–water partition coefficient (Wildman–Crippen LogP) is 7.96. The lowest BCUT2D eigenvalue weighted by molar-refractivity contribution is 0.148. The normalized spacial score (nSPS) is 15.0. The molecule has 12 aromatic rings. The number of nitrogens with zero attached hydrogens (tertiary/aromatic N) is 14. The van der Waals surface area contributed by atoms with Gasteiger partial charge in [0.05, 0.1) is 33.9 Å². The zero-order valence-corrected chi connectivity index (χ0v) is 52.0. The van der Waals surface area contributed by atoms with E-state index in [9.17, 15) is 19.8 Å². The number of pyridine rings is 2. The van der Waals surface area contributed by atoms with Crippen LogP contribution in [-0.4, -0.2) is 163 Å². The second-order valence-electron chi connectivity index (χ2n) is 23.1. The van der Waals surface area contributed by atoms with E-state index in [1.165, 1.54) is 36.2 Å². The molecule has 93 heavy (non-hydrogen) atoms. The highest BCUT2D eigenvalue weighted by Crippen LogP contribution is 2.41. The van der Waals surface area contributed by atoms with Crippen LogP contribution in [-0.2, 0) is 23.5 Å². The third-order valence-corrected chi connectivity index (χ3v) is 16.7. The molecule has 10 heterocycles. The Kier molecular flexibility index (Phi) is 17.9. The second-order valence-corrected chi connectivity index (χ2v) is 24.0. The lowest BCUT2D eigenvalue weighted by Gasteiger charge is -2.32. The summed E-state index contributed by atoms with van der Waals surface area (Å²) >= 11 is 0. The Bertz CT molecular complexity index is 4700. The molecule has 0 spiro atoms. The number of hydrogen-bond acceptors (Lipinski definition) is 22. The van der Waals surface area contributed by atoms with Crippen molar-refractivity contribution in [2.45, 2.75) is 39.0 Å². The van der Waals surface area contributed by atoms with E-state index in [0.29, 0.717) is 66.9 Å². The number of anilines is 2. The van der Waals surface area contributed by atoms with Crippen molar-refractivity contribution in [2.24, 2.45) is 0 Å². The molecule has 4 aromatic carbocycles. The zero-order chi connectivity index (χ0) is 65.2. The monoisotopic (exact) mass is 1270 g/mol. The van der Waals surface area contributed by atoms with Gasteiger partial charge in [0.15, 0.2) is 11.3 Å². The van der Waals surface area contributed by atoms with Gasteiger partial charge >= 0.3 is 21.7 Å². The molecule has 14 rings (SSSR count). The topological polar surface area (TPSA) is 353 Å². The van der Waals surface area contributed by atoms with Crippen LogP contribution in [0.2, 0.25) is 0 Å². The maximum Gasteiger partial charge on any atom is 0.394 e. The molecule has 27 heteroatoms. The third kappa shape index (κ3) is 13.5. The zero-order valence-electron chi connectivity index (χ0n) is 51.1. The summed E-state index contributed by atoms with van der Waals surface area (Å²) in [5.74, 6) is 1.37. The highest BCUT2D eigenvalue weighted by atomic mass is 32.3. The molecule has 0 saturated carbocycles. The first kappa shape index (κ1) is 62.8. The van der Waals surface area contributed by atoms with Crippen molar-refractivity contribution < 1.29 is 36.6 Å². The van der Waals surface area contributed by atoms with E-state index in [0.717, 1.165) is 98.5 Å². The molecule has 476 valence electrons. The van der Waals surface area contributed by atoms with Crippen LogP contribution in [0.3, 0.4) is 0 Å². The lowest BCUT2D eigenvalue weighted by Crippen LogP contribution is -2.43. The molecule has 8 N–H and O–H groups in total. The lowest BCUT2D eigenvalue weighted by atomic mass is 9.94. The summed E-state index contributed by atoms with van der Waals surface area (Å²) in [5, 5.41) is 33.7. The molecule has 0 radical (unpaired) electrons. The number of nitrogen functional groups attached to an aromatic ring is 2. The number of aromatic hydroxyl groups is 2. The second kappa shape index (κ2) is 26.4. The van der Waals surface area contributed by atoms with Gasteiger partial charge in [-0.05, 0) is 86.6 Å². The smallest absolute Gasteiger partial charge is 0.394 e. The fraction of sp³-hybridized carbons (Fsp3) is 0.242. The van der Waals surface area contributed by atoms with Crippen LogP contribution in [0.1, 0.15) is 48.6 Å². The van der Waals surface area contributed by atoms with Crippen molar-refractivity contribution in [2.75, 3.05) is 77.9 Å². The predicted molar refractivity (Wildman–Crippen MR) is 352 cm³/mol. The Morgan fingerprint density at radius 1 is 0.505 bits per heavy atom. The van der Waals surface area contributed by atoms with Crippen molar-refractivity contribution in [3.63, 3.8) is 0 Å². The van der Waals surface area contributed by atoms with Crippen LogP contribution in [0.4, 0.5) is 11.6 Å². The molecule has 8 aromatic heterocycles. The summed E-state index contributed by atoms with van der Waals surface area (Å²) in [6, 6.07) is 33.9. The van der Waals surface area contributed by atoms with Gasteiger partial charge < -0.3 is 40.3 Å². The number of likely N-dealkylation sites (N-methyl/N-ethyl adjacent to an activating group) is 2. The van der Waals surface area contributed by atoms with Crippen LogP contribution in [0, 0.1) is 0 Å². The molecule has 26 nitrogen and oxygen atoms in total. The summed E-state index contributed by atoms with van der Waals surface area (Å²) in [4.78, 5) is 62.0. The van der Waals surface area contributed by atoms with Gasteiger partial charge in [0.25, 0.3) is 0 Å². The van der Waals surface area contributed by atoms with Crippen molar-refractivity contribution in [3.8, 4) is 56.3 Å². The molecule has 2 aliphatic rings. The molecule has 2 fully saturated rings. The van der Waals surface area contributed by atoms with Crippen LogP contribution in [0.25, 0.3) is 88.4 Å². The Hall–Kier alpha value is -10.4. The summed E-state index contributed by atoms with van der Waals surface area (Å²) < 4.78 is 47.3. The van der Waals surface area contributed by atoms with Gasteiger partial charge in [0.2, 0.25) is 0 Å². The quantitative estimate of drug-likeness (QED) is 0.0631. The SMILES string of the molecule is C[C@@H](c1oc(=O)c2ccccc2c1-c1cccc(CN2CCN(C)CC2)c1)n1nc(-c2cncc(O)c2)c2c(N)ncnc21.C[C@@H](c1oc(=O)c2ccccc2c1-c1cccc(CN2CCN(C)CC2)c1)n1nc(-c2cncc(O)c2)c2c(N)ncnc21.O=S(=O)(O)O. The van der Waals surface area contributed by atoms with E-state index in [-0.39, 0.29) is 23.1 Å². The molecule has 0 unspecified atom stereocenters. The van der Waals surface area contributed by atoms with Crippen molar-refractivity contribution >= 4 is 65.6 Å². The number of aromatic nitrogens is 10. The van der Waals surface area contributed by atoms with E-state index < -0.39 is 33.7 Å². The third-order valence-electron chi connectivity index (χ3n) is 16.7. The molecule has 2 atom stereocenters. The number of hydrogen-bond donors (Lipinski definition) is 6. The Morgan fingerprint density at radius 2 is 0.882 bits per heavy atom. The first-order chi connectivity index (χ1) is 44.7. The van der Waals surface area contributed by atoms with Gasteiger partial charge in [-0.2, -0.15) is 18.6 Å². The first-order valence-corrected chi connectivity index (χ1v) is 31.2. The van der Waals surface area contributed by atoms with Crippen molar-refractivity contribution in [1.29, 1.82) is 0 Å². The highest BCUT2D eigenvalue weighted by molar-refractivity contribution is 7.79.